The molecular formula is C10H12N2O4. The van der Waals surface area contributed by atoms with E-state index in [0.717, 1.165) is 0 Å². The quantitative estimate of drug-likeness (QED) is 0.733. The number of rotatable bonds is 2. The Morgan fingerprint density at radius 2 is 2.12 bits per heavy atom. The number of carboxylic acid groups (broad SMARTS) is 1. The van der Waals surface area contributed by atoms with Crippen LogP contribution in [0.3, 0.4) is 0 Å². The maximum atomic E-state index is 11.6. The lowest BCUT2D eigenvalue weighted by atomic mass is 10.2. The molecule has 1 saturated heterocycles. The van der Waals surface area contributed by atoms with Gasteiger partial charge in [0.2, 0.25) is 0 Å². The SMILES string of the molecule is O=C(O)c1c[nH]c(=O)c(N2CCOCC2)c1. The number of H-pyrrole nitrogens is 1. The molecule has 6 nitrogen and oxygen atoms in total. The van der Waals surface area contributed by atoms with E-state index in [4.69, 9.17) is 9.84 Å². The highest BCUT2D eigenvalue weighted by Crippen LogP contribution is 2.11. The van der Waals surface area contributed by atoms with E-state index in [0.29, 0.717) is 32.0 Å². The number of aromatic nitrogens is 1. The fourth-order valence-electron chi connectivity index (χ4n) is 1.63. The maximum absolute atomic E-state index is 11.6. The zero-order chi connectivity index (χ0) is 11.5. The molecule has 1 aliphatic heterocycles. The van der Waals surface area contributed by atoms with Gasteiger partial charge in [-0.05, 0) is 6.07 Å². The van der Waals surface area contributed by atoms with Gasteiger partial charge in [-0.1, -0.05) is 0 Å². The van der Waals surface area contributed by atoms with E-state index in [2.05, 4.69) is 4.98 Å². The van der Waals surface area contributed by atoms with E-state index in [1.165, 1.54) is 12.3 Å². The Hall–Kier alpha value is -1.82. The topological polar surface area (TPSA) is 82.6 Å². The minimum atomic E-state index is -1.05. The monoisotopic (exact) mass is 224 g/mol. The second-order valence-corrected chi connectivity index (χ2v) is 3.51. The number of ether oxygens (including phenoxy) is 1. The van der Waals surface area contributed by atoms with Crippen LogP contribution >= 0.6 is 0 Å². The van der Waals surface area contributed by atoms with Gasteiger partial charge in [0.15, 0.2) is 0 Å². The predicted octanol–water partition coefficient (Wildman–Crippen LogP) is -0.0903. The number of pyridine rings is 1. The zero-order valence-corrected chi connectivity index (χ0v) is 8.60. The number of morpholine rings is 1. The molecule has 0 spiro atoms. The smallest absolute Gasteiger partial charge is 0.337 e. The third-order valence-electron chi connectivity index (χ3n) is 2.48. The second-order valence-electron chi connectivity index (χ2n) is 3.51. The normalized spacial score (nSPS) is 16.1. The summed E-state index contributed by atoms with van der Waals surface area (Å²) >= 11 is 0. The summed E-state index contributed by atoms with van der Waals surface area (Å²) in [6, 6.07) is 1.40. The third kappa shape index (κ3) is 2.06. The third-order valence-corrected chi connectivity index (χ3v) is 2.48. The van der Waals surface area contributed by atoms with Crippen LogP contribution in [0, 0.1) is 0 Å². The van der Waals surface area contributed by atoms with Gasteiger partial charge < -0.3 is 19.7 Å². The molecule has 6 heteroatoms. The van der Waals surface area contributed by atoms with Crippen LogP contribution in [0.2, 0.25) is 0 Å². The minimum absolute atomic E-state index is 0.0843. The van der Waals surface area contributed by atoms with Crippen molar-refractivity contribution in [3.63, 3.8) is 0 Å². The van der Waals surface area contributed by atoms with Gasteiger partial charge >= 0.3 is 5.97 Å². The molecule has 16 heavy (non-hydrogen) atoms. The Bertz CT molecular complexity index is 448. The average molecular weight is 224 g/mol. The molecule has 2 rings (SSSR count). The lowest BCUT2D eigenvalue weighted by Crippen LogP contribution is -2.39. The number of aromatic carboxylic acids is 1. The van der Waals surface area contributed by atoms with Crippen molar-refractivity contribution in [1.29, 1.82) is 0 Å². The van der Waals surface area contributed by atoms with E-state index < -0.39 is 5.97 Å². The van der Waals surface area contributed by atoms with Gasteiger partial charge in [-0.25, -0.2) is 4.79 Å². The largest absolute Gasteiger partial charge is 0.478 e. The van der Waals surface area contributed by atoms with Crippen LogP contribution in [0.25, 0.3) is 0 Å². The highest BCUT2D eigenvalue weighted by atomic mass is 16.5. The molecule has 1 aromatic rings. The van der Waals surface area contributed by atoms with Crippen molar-refractivity contribution in [2.45, 2.75) is 0 Å². The minimum Gasteiger partial charge on any atom is -0.478 e. The standard InChI is InChI=1S/C10H12N2O4/c13-9-8(12-1-3-16-4-2-12)5-7(6-11-9)10(14)15/h5-6H,1-4H2,(H,11,13)(H,14,15). The number of hydrogen-bond acceptors (Lipinski definition) is 4. The van der Waals surface area contributed by atoms with Gasteiger partial charge in [0.05, 0.1) is 18.8 Å². The van der Waals surface area contributed by atoms with Gasteiger partial charge in [-0.15, -0.1) is 0 Å². The van der Waals surface area contributed by atoms with Gasteiger partial charge in [0.1, 0.15) is 5.69 Å². The van der Waals surface area contributed by atoms with Gasteiger partial charge in [0.25, 0.3) is 5.56 Å². The predicted molar refractivity (Wildman–Crippen MR) is 57.1 cm³/mol. The summed E-state index contributed by atoms with van der Waals surface area (Å²) in [6.45, 7) is 2.31. The highest BCUT2D eigenvalue weighted by Gasteiger charge is 2.16. The first-order valence-electron chi connectivity index (χ1n) is 4.97. The first-order chi connectivity index (χ1) is 7.68. The summed E-state index contributed by atoms with van der Waals surface area (Å²) in [5.74, 6) is -1.05. The fraction of sp³-hybridized carbons (Fsp3) is 0.400. The molecule has 2 heterocycles. The first kappa shape index (κ1) is 10.7. The lowest BCUT2D eigenvalue weighted by molar-refractivity contribution is 0.0696. The van der Waals surface area contributed by atoms with Gasteiger partial charge in [0, 0.05) is 19.3 Å². The summed E-state index contributed by atoms with van der Waals surface area (Å²) in [5.41, 5.74) is 0.205. The van der Waals surface area contributed by atoms with Crippen molar-refractivity contribution in [3.05, 3.63) is 28.2 Å². The van der Waals surface area contributed by atoms with Gasteiger partial charge in [-0.3, -0.25) is 4.79 Å². The van der Waals surface area contributed by atoms with Crippen LogP contribution in [0.1, 0.15) is 10.4 Å². The molecule has 0 unspecified atom stereocenters. The summed E-state index contributed by atoms with van der Waals surface area (Å²) < 4.78 is 5.17. The molecule has 0 saturated carbocycles. The number of anilines is 1. The molecule has 0 radical (unpaired) electrons. The number of carboxylic acids is 1. The molecule has 1 aliphatic rings. The van der Waals surface area contributed by atoms with Crippen LogP contribution in [0.4, 0.5) is 5.69 Å². The van der Waals surface area contributed by atoms with E-state index in [1.54, 1.807) is 0 Å². The van der Waals surface area contributed by atoms with E-state index >= 15 is 0 Å². The zero-order valence-electron chi connectivity index (χ0n) is 8.60. The molecule has 0 atom stereocenters. The Morgan fingerprint density at radius 1 is 1.44 bits per heavy atom. The summed E-state index contributed by atoms with van der Waals surface area (Å²) in [7, 11) is 0. The van der Waals surface area contributed by atoms with Gasteiger partial charge in [-0.2, -0.15) is 0 Å². The fourth-order valence-corrected chi connectivity index (χ4v) is 1.63. The lowest BCUT2D eigenvalue weighted by Gasteiger charge is -2.28. The molecule has 0 aliphatic carbocycles. The molecular weight excluding hydrogens is 212 g/mol. The summed E-state index contributed by atoms with van der Waals surface area (Å²) in [6.07, 6.45) is 1.20. The highest BCUT2D eigenvalue weighted by molar-refractivity contribution is 5.88. The molecule has 0 bridgehead atoms. The molecule has 86 valence electrons. The molecule has 1 aromatic heterocycles. The molecule has 0 aromatic carbocycles. The Morgan fingerprint density at radius 3 is 2.75 bits per heavy atom. The number of hydrogen-bond donors (Lipinski definition) is 2. The van der Waals surface area contributed by atoms with Crippen molar-refractivity contribution < 1.29 is 14.6 Å². The number of nitrogens with zero attached hydrogens (tertiary/aromatic N) is 1. The summed E-state index contributed by atoms with van der Waals surface area (Å²) in [5, 5.41) is 8.83. The van der Waals surface area contributed by atoms with Crippen LogP contribution in [-0.4, -0.2) is 42.4 Å². The first-order valence-corrected chi connectivity index (χ1v) is 4.97. The van der Waals surface area contributed by atoms with Crippen molar-refractivity contribution in [2.75, 3.05) is 31.2 Å². The Balaban J connectivity index is 2.34. The van der Waals surface area contributed by atoms with Crippen molar-refractivity contribution in [1.82, 2.24) is 4.98 Å². The molecule has 1 fully saturated rings. The Labute approximate surface area is 91.5 Å². The second kappa shape index (κ2) is 4.36. The van der Waals surface area contributed by atoms with Crippen LogP contribution in [-0.2, 0) is 4.74 Å². The van der Waals surface area contributed by atoms with E-state index in [-0.39, 0.29) is 11.1 Å². The number of carbonyl (C=O) groups is 1. The van der Waals surface area contributed by atoms with Crippen LogP contribution < -0.4 is 10.5 Å². The number of aromatic amines is 1. The molecule has 2 N–H and O–H groups in total. The molecule has 0 amide bonds. The van der Waals surface area contributed by atoms with Crippen molar-refractivity contribution >= 4 is 11.7 Å². The van der Waals surface area contributed by atoms with Crippen molar-refractivity contribution in [3.8, 4) is 0 Å². The van der Waals surface area contributed by atoms with Crippen LogP contribution in [0.5, 0.6) is 0 Å². The maximum Gasteiger partial charge on any atom is 0.337 e. The Kier molecular flexibility index (Phi) is 2.91. The number of nitrogens with one attached hydrogen (secondary N) is 1. The van der Waals surface area contributed by atoms with E-state index in [9.17, 15) is 9.59 Å². The van der Waals surface area contributed by atoms with Crippen LogP contribution in [0.15, 0.2) is 17.1 Å². The summed E-state index contributed by atoms with van der Waals surface area (Å²) in [4.78, 5) is 26.6. The van der Waals surface area contributed by atoms with E-state index in [1.807, 2.05) is 4.90 Å². The van der Waals surface area contributed by atoms with Crippen molar-refractivity contribution in [2.24, 2.45) is 0 Å². The average Bonchev–Trinajstić information content (AvgIpc) is 2.30.